The molecule has 6 nitrogen and oxygen atoms in total. The summed E-state index contributed by atoms with van der Waals surface area (Å²) in [7, 11) is 0. The van der Waals surface area contributed by atoms with Crippen LogP contribution in [-0.4, -0.2) is 28.1 Å². The molecular formula is C17H22N4O2. The van der Waals surface area contributed by atoms with Crippen LogP contribution in [0.4, 0.5) is 10.5 Å². The van der Waals surface area contributed by atoms with Gasteiger partial charge >= 0.3 is 6.03 Å². The molecule has 0 aliphatic heterocycles. The summed E-state index contributed by atoms with van der Waals surface area (Å²) in [6.45, 7) is 6.79. The monoisotopic (exact) mass is 314 g/mol. The molecule has 1 heterocycles. The highest BCUT2D eigenvalue weighted by molar-refractivity contribution is 5.96. The Hall–Kier alpha value is -2.63. The third-order valence-electron chi connectivity index (χ3n) is 3.46. The summed E-state index contributed by atoms with van der Waals surface area (Å²) in [5, 5.41) is 9.90. The number of Topliss-reactive ketones (excluding diaryl/α,β-unsaturated/α-hetero) is 1. The number of hydrogen-bond acceptors (Lipinski definition) is 3. The number of ketones is 1. The Balaban J connectivity index is 1.76. The van der Waals surface area contributed by atoms with Gasteiger partial charge in [0.2, 0.25) is 0 Å². The van der Waals surface area contributed by atoms with Crippen molar-refractivity contribution in [2.24, 2.45) is 0 Å². The average Bonchev–Trinajstić information content (AvgIpc) is 2.82. The highest BCUT2D eigenvalue weighted by Gasteiger charge is 2.05. The van der Waals surface area contributed by atoms with Gasteiger partial charge in [0.1, 0.15) is 0 Å². The SMILES string of the molecule is CC(=O)c1cccc(NC(=O)NCCCn2nc(C)cc2C)c1. The Kier molecular flexibility index (Phi) is 5.51. The number of carbonyl (C=O) groups excluding carboxylic acids is 2. The predicted molar refractivity (Wildman–Crippen MR) is 89.8 cm³/mol. The van der Waals surface area contributed by atoms with Crippen molar-refractivity contribution >= 4 is 17.5 Å². The number of nitrogens with zero attached hydrogens (tertiary/aromatic N) is 2. The number of anilines is 1. The second-order valence-electron chi connectivity index (χ2n) is 5.52. The smallest absolute Gasteiger partial charge is 0.319 e. The molecule has 1 aromatic heterocycles. The lowest BCUT2D eigenvalue weighted by atomic mass is 10.1. The summed E-state index contributed by atoms with van der Waals surface area (Å²) >= 11 is 0. The molecule has 0 fully saturated rings. The number of amides is 2. The van der Waals surface area contributed by atoms with E-state index >= 15 is 0 Å². The van der Waals surface area contributed by atoms with E-state index < -0.39 is 0 Å². The van der Waals surface area contributed by atoms with Gasteiger partial charge in [-0.15, -0.1) is 0 Å². The van der Waals surface area contributed by atoms with E-state index in [0.717, 1.165) is 24.4 Å². The van der Waals surface area contributed by atoms with Crippen LogP contribution in [0.15, 0.2) is 30.3 Å². The Morgan fingerprint density at radius 3 is 2.65 bits per heavy atom. The largest absolute Gasteiger partial charge is 0.338 e. The minimum absolute atomic E-state index is 0.0288. The molecule has 0 atom stereocenters. The van der Waals surface area contributed by atoms with E-state index in [2.05, 4.69) is 15.7 Å². The lowest BCUT2D eigenvalue weighted by Crippen LogP contribution is -2.30. The van der Waals surface area contributed by atoms with Gasteiger partial charge in [0.25, 0.3) is 0 Å². The third kappa shape index (κ3) is 4.95. The van der Waals surface area contributed by atoms with Crippen molar-refractivity contribution in [2.45, 2.75) is 33.7 Å². The van der Waals surface area contributed by atoms with Gasteiger partial charge in [0.15, 0.2) is 5.78 Å². The van der Waals surface area contributed by atoms with Crippen LogP contribution in [0.3, 0.4) is 0 Å². The molecule has 0 spiro atoms. The van der Waals surface area contributed by atoms with Crippen LogP contribution in [0, 0.1) is 13.8 Å². The minimum Gasteiger partial charge on any atom is -0.338 e. The van der Waals surface area contributed by atoms with Gasteiger partial charge < -0.3 is 10.6 Å². The van der Waals surface area contributed by atoms with Crippen LogP contribution in [0.25, 0.3) is 0 Å². The van der Waals surface area contributed by atoms with Crippen LogP contribution >= 0.6 is 0 Å². The number of aryl methyl sites for hydroxylation is 3. The van der Waals surface area contributed by atoms with Crippen molar-refractivity contribution in [3.8, 4) is 0 Å². The standard InChI is InChI=1S/C17H22N4O2/c1-12-10-13(2)21(20-12)9-5-8-18-17(23)19-16-7-4-6-15(11-16)14(3)22/h4,6-7,10-11H,5,8-9H2,1-3H3,(H2,18,19,23). The highest BCUT2D eigenvalue weighted by atomic mass is 16.2. The molecule has 0 saturated carbocycles. The first-order chi connectivity index (χ1) is 11.0. The molecule has 2 aromatic rings. The van der Waals surface area contributed by atoms with E-state index in [-0.39, 0.29) is 11.8 Å². The first kappa shape index (κ1) is 16.7. The number of benzene rings is 1. The lowest BCUT2D eigenvalue weighted by Gasteiger charge is -2.09. The van der Waals surface area contributed by atoms with Gasteiger partial charge in [-0.05, 0) is 45.4 Å². The summed E-state index contributed by atoms with van der Waals surface area (Å²) in [6.07, 6.45) is 0.795. The first-order valence-electron chi connectivity index (χ1n) is 7.62. The summed E-state index contributed by atoms with van der Waals surface area (Å²) in [5.41, 5.74) is 3.30. The molecule has 2 amide bonds. The van der Waals surface area contributed by atoms with Crippen LogP contribution in [-0.2, 0) is 6.54 Å². The summed E-state index contributed by atoms with van der Waals surface area (Å²) in [4.78, 5) is 23.2. The van der Waals surface area contributed by atoms with Crippen molar-refractivity contribution in [1.29, 1.82) is 0 Å². The van der Waals surface area contributed by atoms with Gasteiger partial charge in [-0.1, -0.05) is 12.1 Å². The summed E-state index contributed by atoms with van der Waals surface area (Å²) in [5.74, 6) is -0.0288. The molecule has 122 valence electrons. The molecule has 0 aliphatic rings. The fourth-order valence-corrected chi connectivity index (χ4v) is 2.32. The molecule has 6 heteroatoms. The second-order valence-corrected chi connectivity index (χ2v) is 5.52. The molecule has 0 saturated heterocycles. The lowest BCUT2D eigenvalue weighted by molar-refractivity contribution is 0.101. The van der Waals surface area contributed by atoms with Crippen LogP contribution in [0.5, 0.6) is 0 Å². The molecule has 0 aliphatic carbocycles. The number of rotatable bonds is 6. The van der Waals surface area contributed by atoms with Crippen LogP contribution in [0.2, 0.25) is 0 Å². The highest BCUT2D eigenvalue weighted by Crippen LogP contribution is 2.11. The summed E-state index contributed by atoms with van der Waals surface area (Å²) in [6, 6.07) is 8.63. The quantitative estimate of drug-likeness (QED) is 0.636. The Bertz CT molecular complexity index is 706. The van der Waals surface area contributed by atoms with E-state index in [0.29, 0.717) is 17.8 Å². The van der Waals surface area contributed by atoms with E-state index in [9.17, 15) is 9.59 Å². The topological polar surface area (TPSA) is 76.0 Å². The minimum atomic E-state index is -0.279. The molecule has 0 radical (unpaired) electrons. The molecule has 23 heavy (non-hydrogen) atoms. The fraction of sp³-hybridized carbons (Fsp3) is 0.353. The van der Waals surface area contributed by atoms with Gasteiger partial charge in [-0.25, -0.2) is 4.79 Å². The van der Waals surface area contributed by atoms with E-state index in [1.54, 1.807) is 24.3 Å². The fourth-order valence-electron chi connectivity index (χ4n) is 2.32. The zero-order valence-electron chi connectivity index (χ0n) is 13.7. The van der Waals surface area contributed by atoms with Crippen molar-refractivity contribution in [3.63, 3.8) is 0 Å². The summed E-state index contributed by atoms with van der Waals surface area (Å²) < 4.78 is 1.94. The van der Waals surface area contributed by atoms with E-state index in [1.165, 1.54) is 6.92 Å². The Morgan fingerprint density at radius 2 is 2.00 bits per heavy atom. The normalized spacial score (nSPS) is 10.4. The van der Waals surface area contributed by atoms with Gasteiger partial charge in [0.05, 0.1) is 5.69 Å². The van der Waals surface area contributed by atoms with Gasteiger partial charge in [-0.3, -0.25) is 9.48 Å². The second kappa shape index (κ2) is 7.58. The molecule has 1 aromatic carbocycles. The van der Waals surface area contributed by atoms with Crippen molar-refractivity contribution in [3.05, 3.63) is 47.3 Å². The maximum Gasteiger partial charge on any atom is 0.319 e. The maximum absolute atomic E-state index is 11.8. The number of nitrogens with one attached hydrogen (secondary N) is 2. The molecule has 2 rings (SSSR count). The van der Waals surface area contributed by atoms with Crippen molar-refractivity contribution in [1.82, 2.24) is 15.1 Å². The zero-order valence-corrected chi connectivity index (χ0v) is 13.7. The average molecular weight is 314 g/mol. The first-order valence-corrected chi connectivity index (χ1v) is 7.62. The zero-order chi connectivity index (χ0) is 16.8. The Morgan fingerprint density at radius 1 is 1.22 bits per heavy atom. The molecule has 2 N–H and O–H groups in total. The van der Waals surface area contributed by atoms with Crippen molar-refractivity contribution in [2.75, 3.05) is 11.9 Å². The van der Waals surface area contributed by atoms with Gasteiger partial charge in [0, 0.05) is 30.0 Å². The van der Waals surface area contributed by atoms with Gasteiger partial charge in [-0.2, -0.15) is 5.10 Å². The van der Waals surface area contributed by atoms with E-state index in [1.807, 2.05) is 24.6 Å². The molecular weight excluding hydrogens is 292 g/mol. The number of hydrogen-bond donors (Lipinski definition) is 2. The maximum atomic E-state index is 11.8. The molecule has 0 unspecified atom stereocenters. The van der Waals surface area contributed by atoms with Crippen molar-refractivity contribution < 1.29 is 9.59 Å². The van der Waals surface area contributed by atoms with Crippen LogP contribution in [0.1, 0.15) is 35.1 Å². The Labute approximate surface area is 135 Å². The number of urea groups is 1. The van der Waals surface area contributed by atoms with Crippen LogP contribution < -0.4 is 10.6 Å². The third-order valence-corrected chi connectivity index (χ3v) is 3.46. The predicted octanol–water partition coefficient (Wildman–Crippen LogP) is 2.91. The number of carbonyl (C=O) groups is 2. The number of aromatic nitrogens is 2. The molecule has 0 bridgehead atoms. The van der Waals surface area contributed by atoms with E-state index in [4.69, 9.17) is 0 Å².